The van der Waals surface area contributed by atoms with Crippen molar-refractivity contribution in [1.82, 2.24) is 5.32 Å². The van der Waals surface area contributed by atoms with E-state index in [1.54, 1.807) is 13.8 Å². The lowest BCUT2D eigenvalue weighted by atomic mass is 10.2. The summed E-state index contributed by atoms with van der Waals surface area (Å²) in [7, 11) is 0. The monoisotopic (exact) mass is 233 g/mol. The topological polar surface area (TPSA) is 83.5 Å². The number of amides is 1. The third-order valence-corrected chi connectivity index (χ3v) is 2.36. The van der Waals surface area contributed by atoms with Crippen LogP contribution in [-0.2, 0) is 14.4 Å². The van der Waals surface area contributed by atoms with Gasteiger partial charge in [0.1, 0.15) is 6.42 Å². The van der Waals surface area contributed by atoms with Crippen molar-refractivity contribution in [2.24, 2.45) is 5.92 Å². The fourth-order valence-electron chi connectivity index (χ4n) is 0.718. The van der Waals surface area contributed by atoms with E-state index >= 15 is 0 Å². The first-order chi connectivity index (χ1) is 6.93. The van der Waals surface area contributed by atoms with Crippen molar-refractivity contribution in [1.29, 1.82) is 0 Å². The average molecular weight is 233 g/mol. The zero-order chi connectivity index (χ0) is 11.8. The number of rotatable bonds is 6. The van der Waals surface area contributed by atoms with Gasteiger partial charge in [0.15, 0.2) is 5.12 Å². The standard InChI is InChI=1S/C9H15NO4S/c1-6(2)9(14)10-3-4-15-8(13)5-7(11)12/h6H,3-5H2,1-2H3,(H,10,14)(H,11,12). The highest BCUT2D eigenvalue weighted by atomic mass is 32.2. The molecule has 0 spiro atoms. The van der Waals surface area contributed by atoms with E-state index in [0.29, 0.717) is 12.3 Å². The summed E-state index contributed by atoms with van der Waals surface area (Å²) < 4.78 is 0. The first-order valence-electron chi connectivity index (χ1n) is 4.58. The summed E-state index contributed by atoms with van der Waals surface area (Å²) in [6.07, 6.45) is -0.469. The number of carboxylic acids is 1. The van der Waals surface area contributed by atoms with Gasteiger partial charge in [0, 0.05) is 18.2 Å². The minimum absolute atomic E-state index is 0.0683. The Morgan fingerprint density at radius 3 is 2.40 bits per heavy atom. The quantitative estimate of drug-likeness (QED) is 0.515. The molecule has 0 aliphatic carbocycles. The molecule has 5 nitrogen and oxygen atoms in total. The Hall–Kier alpha value is -1.04. The molecule has 2 N–H and O–H groups in total. The molecule has 6 heteroatoms. The Kier molecular flexibility index (Phi) is 6.77. The van der Waals surface area contributed by atoms with Gasteiger partial charge in [-0.05, 0) is 0 Å². The molecule has 0 aromatic heterocycles. The largest absolute Gasteiger partial charge is 0.481 e. The minimum Gasteiger partial charge on any atom is -0.481 e. The molecular formula is C9H15NO4S. The summed E-state index contributed by atoms with van der Waals surface area (Å²) in [5.41, 5.74) is 0. The minimum atomic E-state index is -1.13. The lowest BCUT2D eigenvalue weighted by Gasteiger charge is -2.06. The fraction of sp³-hybridized carbons (Fsp3) is 0.667. The second kappa shape index (κ2) is 7.28. The van der Waals surface area contributed by atoms with Gasteiger partial charge < -0.3 is 10.4 Å². The van der Waals surface area contributed by atoms with Gasteiger partial charge in [-0.3, -0.25) is 14.4 Å². The van der Waals surface area contributed by atoms with Gasteiger partial charge in [-0.2, -0.15) is 0 Å². The summed E-state index contributed by atoms with van der Waals surface area (Å²) in [5.74, 6) is -0.866. The van der Waals surface area contributed by atoms with Crippen LogP contribution in [0, 0.1) is 5.92 Å². The van der Waals surface area contributed by atoms with Crippen molar-refractivity contribution in [2.75, 3.05) is 12.3 Å². The van der Waals surface area contributed by atoms with Crippen LogP contribution < -0.4 is 5.32 Å². The van der Waals surface area contributed by atoms with Gasteiger partial charge in [-0.1, -0.05) is 25.6 Å². The Labute approximate surface area is 92.6 Å². The molecule has 0 aromatic carbocycles. The Balaban J connectivity index is 3.50. The Morgan fingerprint density at radius 1 is 1.33 bits per heavy atom. The molecule has 15 heavy (non-hydrogen) atoms. The van der Waals surface area contributed by atoms with Crippen LogP contribution in [0.4, 0.5) is 0 Å². The van der Waals surface area contributed by atoms with E-state index in [1.165, 1.54) is 0 Å². The third-order valence-electron chi connectivity index (χ3n) is 1.48. The van der Waals surface area contributed by atoms with E-state index in [4.69, 9.17) is 5.11 Å². The van der Waals surface area contributed by atoms with E-state index in [-0.39, 0.29) is 16.9 Å². The van der Waals surface area contributed by atoms with E-state index in [2.05, 4.69) is 5.32 Å². The summed E-state index contributed by atoms with van der Waals surface area (Å²) in [5, 5.41) is 10.5. The highest BCUT2D eigenvalue weighted by molar-refractivity contribution is 8.13. The maximum Gasteiger partial charge on any atom is 0.311 e. The number of hydrogen-bond donors (Lipinski definition) is 2. The molecule has 86 valence electrons. The van der Waals surface area contributed by atoms with Crippen LogP contribution in [0.3, 0.4) is 0 Å². The van der Waals surface area contributed by atoms with Gasteiger partial charge >= 0.3 is 5.97 Å². The molecule has 0 fully saturated rings. The van der Waals surface area contributed by atoms with Crippen molar-refractivity contribution in [3.05, 3.63) is 0 Å². The van der Waals surface area contributed by atoms with Gasteiger partial charge in [0.25, 0.3) is 0 Å². The van der Waals surface area contributed by atoms with E-state index in [9.17, 15) is 14.4 Å². The van der Waals surface area contributed by atoms with Crippen LogP contribution in [0.5, 0.6) is 0 Å². The summed E-state index contributed by atoms with van der Waals surface area (Å²) >= 11 is 0.924. The zero-order valence-electron chi connectivity index (χ0n) is 8.78. The van der Waals surface area contributed by atoms with Crippen molar-refractivity contribution in [3.8, 4) is 0 Å². The molecule has 0 unspecified atom stereocenters. The van der Waals surface area contributed by atoms with E-state index in [0.717, 1.165) is 11.8 Å². The highest BCUT2D eigenvalue weighted by Crippen LogP contribution is 2.04. The van der Waals surface area contributed by atoms with E-state index < -0.39 is 12.4 Å². The van der Waals surface area contributed by atoms with E-state index in [1.807, 2.05) is 0 Å². The molecule has 0 aliphatic rings. The van der Waals surface area contributed by atoms with Crippen LogP contribution >= 0.6 is 11.8 Å². The molecule has 0 radical (unpaired) electrons. The molecule has 0 atom stereocenters. The molecule has 0 aromatic rings. The summed E-state index contributed by atoms with van der Waals surface area (Å²) in [4.78, 5) is 32.1. The van der Waals surface area contributed by atoms with Gasteiger partial charge in [-0.15, -0.1) is 0 Å². The number of hydrogen-bond acceptors (Lipinski definition) is 4. The van der Waals surface area contributed by atoms with Gasteiger partial charge in [0.2, 0.25) is 5.91 Å². The number of carbonyl (C=O) groups is 3. The highest BCUT2D eigenvalue weighted by Gasteiger charge is 2.09. The van der Waals surface area contributed by atoms with Crippen LogP contribution in [-0.4, -0.2) is 34.4 Å². The zero-order valence-corrected chi connectivity index (χ0v) is 9.60. The molecule has 0 saturated carbocycles. The average Bonchev–Trinajstić information content (AvgIpc) is 2.10. The normalized spacial score (nSPS) is 10.1. The number of carbonyl (C=O) groups excluding carboxylic acids is 2. The number of aliphatic carboxylic acids is 1. The molecule has 1 amide bonds. The second-order valence-corrected chi connectivity index (χ2v) is 4.39. The number of carboxylic acid groups (broad SMARTS) is 1. The van der Waals surface area contributed by atoms with Crippen molar-refractivity contribution < 1.29 is 19.5 Å². The van der Waals surface area contributed by atoms with Gasteiger partial charge in [0.05, 0.1) is 0 Å². The molecular weight excluding hydrogens is 218 g/mol. The fourth-order valence-corrected chi connectivity index (χ4v) is 1.38. The van der Waals surface area contributed by atoms with Crippen molar-refractivity contribution in [2.45, 2.75) is 20.3 Å². The van der Waals surface area contributed by atoms with Crippen LogP contribution in [0.25, 0.3) is 0 Å². The number of nitrogens with one attached hydrogen (secondary N) is 1. The second-order valence-electron chi connectivity index (χ2n) is 3.24. The predicted molar refractivity (Wildman–Crippen MR) is 57.6 cm³/mol. The third kappa shape index (κ3) is 7.99. The predicted octanol–water partition coefficient (Wildman–Crippen LogP) is 0.493. The van der Waals surface area contributed by atoms with Gasteiger partial charge in [-0.25, -0.2) is 0 Å². The summed E-state index contributed by atoms with van der Waals surface area (Å²) in [6, 6.07) is 0. The first kappa shape index (κ1) is 14.0. The smallest absolute Gasteiger partial charge is 0.311 e. The Bertz CT molecular complexity index is 252. The Morgan fingerprint density at radius 2 is 1.93 bits per heavy atom. The molecule has 0 rings (SSSR count). The summed E-state index contributed by atoms with van der Waals surface area (Å²) in [6.45, 7) is 3.93. The molecule has 0 bridgehead atoms. The van der Waals surface area contributed by atoms with Crippen LogP contribution in [0.15, 0.2) is 0 Å². The maximum atomic E-state index is 11.1. The molecule has 0 saturated heterocycles. The van der Waals surface area contributed by atoms with Crippen LogP contribution in [0.1, 0.15) is 20.3 Å². The number of thioether (sulfide) groups is 1. The first-order valence-corrected chi connectivity index (χ1v) is 5.57. The van der Waals surface area contributed by atoms with Crippen LogP contribution in [0.2, 0.25) is 0 Å². The maximum absolute atomic E-state index is 11.1. The molecule has 0 aliphatic heterocycles. The lowest BCUT2D eigenvalue weighted by Crippen LogP contribution is -2.29. The van der Waals surface area contributed by atoms with Crippen molar-refractivity contribution >= 4 is 28.8 Å². The van der Waals surface area contributed by atoms with Crippen molar-refractivity contribution in [3.63, 3.8) is 0 Å². The molecule has 0 heterocycles. The SMILES string of the molecule is CC(C)C(=O)NCCSC(=O)CC(=O)O. The lowest BCUT2D eigenvalue weighted by molar-refractivity contribution is -0.138.